The number of hydrogen-bond donors (Lipinski definition) is 1. The number of rotatable bonds is 5. The predicted octanol–water partition coefficient (Wildman–Crippen LogP) is 2.74. The minimum absolute atomic E-state index is 0.0102. The monoisotopic (exact) mass is 340 g/mol. The van der Waals surface area contributed by atoms with Gasteiger partial charge in [0.05, 0.1) is 25.3 Å². The second kappa shape index (κ2) is 7.51. The van der Waals surface area contributed by atoms with E-state index < -0.39 is 0 Å². The molecular formula is C19H24N4O2. The van der Waals surface area contributed by atoms with Crippen molar-refractivity contribution in [1.82, 2.24) is 14.9 Å². The quantitative estimate of drug-likeness (QED) is 0.906. The van der Waals surface area contributed by atoms with Crippen molar-refractivity contribution < 1.29 is 9.53 Å². The van der Waals surface area contributed by atoms with Crippen LogP contribution in [0.2, 0.25) is 0 Å². The molecule has 0 spiro atoms. The number of likely N-dealkylation sites (tertiary alicyclic amines) is 1. The second-order valence-electron chi connectivity index (χ2n) is 6.21. The van der Waals surface area contributed by atoms with E-state index in [0.717, 1.165) is 42.2 Å². The van der Waals surface area contributed by atoms with Crippen molar-refractivity contribution in [3.63, 3.8) is 0 Å². The fraction of sp³-hybridized carbons (Fsp3) is 0.421. The van der Waals surface area contributed by atoms with Crippen LogP contribution in [0.5, 0.6) is 5.75 Å². The first-order chi connectivity index (χ1) is 12.1. The largest absolute Gasteiger partial charge is 0.496 e. The molecule has 132 valence electrons. The highest BCUT2D eigenvalue weighted by molar-refractivity contribution is 5.80. The van der Waals surface area contributed by atoms with E-state index in [-0.39, 0.29) is 11.9 Å². The molecule has 6 heteroatoms. The fourth-order valence-electron chi connectivity index (χ4n) is 3.38. The summed E-state index contributed by atoms with van der Waals surface area (Å²) in [7, 11) is 3.47. The zero-order valence-corrected chi connectivity index (χ0v) is 15.0. The predicted molar refractivity (Wildman–Crippen MR) is 96.7 cm³/mol. The van der Waals surface area contributed by atoms with Crippen LogP contribution in [0.4, 0.5) is 5.82 Å². The van der Waals surface area contributed by atoms with Gasteiger partial charge in [0, 0.05) is 25.2 Å². The summed E-state index contributed by atoms with van der Waals surface area (Å²) >= 11 is 0. The van der Waals surface area contributed by atoms with Crippen LogP contribution >= 0.6 is 0 Å². The minimum Gasteiger partial charge on any atom is -0.496 e. The molecule has 1 atom stereocenters. The molecule has 0 radical (unpaired) electrons. The third-order valence-corrected chi connectivity index (χ3v) is 4.56. The lowest BCUT2D eigenvalue weighted by molar-refractivity contribution is -0.131. The molecule has 1 N–H and O–H groups in total. The van der Waals surface area contributed by atoms with Gasteiger partial charge in [-0.3, -0.25) is 4.79 Å². The number of nitrogens with zero attached hydrogens (tertiary/aromatic N) is 3. The summed E-state index contributed by atoms with van der Waals surface area (Å²) in [5.41, 5.74) is 1.82. The molecule has 1 aromatic heterocycles. The normalized spacial score (nSPS) is 16.8. The Kier molecular flexibility index (Phi) is 5.16. The van der Waals surface area contributed by atoms with Crippen LogP contribution in [0.3, 0.4) is 0 Å². The number of amides is 1. The topological polar surface area (TPSA) is 67.4 Å². The summed E-state index contributed by atoms with van der Waals surface area (Å²) in [4.78, 5) is 23.8. The first-order valence-electron chi connectivity index (χ1n) is 8.57. The van der Waals surface area contributed by atoms with E-state index in [2.05, 4.69) is 15.3 Å². The molecule has 1 fully saturated rings. The lowest BCUT2D eigenvalue weighted by Gasteiger charge is -2.25. The van der Waals surface area contributed by atoms with Crippen molar-refractivity contribution in [3.8, 4) is 5.75 Å². The number of para-hydroxylation sites is 1. The molecule has 0 unspecified atom stereocenters. The van der Waals surface area contributed by atoms with E-state index >= 15 is 0 Å². The van der Waals surface area contributed by atoms with Crippen LogP contribution in [-0.2, 0) is 11.2 Å². The maximum Gasteiger partial charge on any atom is 0.227 e. The molecule has 25 heavy (non-hydrogen) atoms. The highest BCUT2D eigenvalue weighted by atomic mass is 16.5. The SMILES string of the molecule is CNc1cc([C@@H]2CCCN2C(=O)Cc2ccccc2OC)nc(C)n1. The number of carbonyl (C=O) groups is 1. The van der Waals surface area contributed by atoms with Gasteiger partial charge in [0.1, 0.15) is 17.4 Å². The molecule has 1 aliphatic heterocycles. The third-order valence-electron chi connectivity index (χ3n) is 4.56. The minimum atomic E-state index is 0.0102. The number of ether oxygens (including phenoxy) is 1. The van der Waals surface area contributed by atoms with Crippen LogP contribution in [0, 0.1) is 6.92 Å². The number of methoxy groups -OCH3 is 1. The molecule has 1 amide bonds. The number of carbonyl (C=O) groups excluding carboxylic acids is 1. The van der Waals surface area contributed by atoms with Gasteiger partial charge < -0.3 is 15.0 Å². The van der Waals surface area contributed by atoms with Gasteiger partial charge in [0.15, 0.2) is 0 Å². The second-order valence-corrected chi connectivity index (χ2v) is 6.21. The summed E-state index contributed by atoms with van der Waals surface area (Å²) in [6, 6.07) is 9.61. The maximum absolute atomic E-state index is 12.9. The number of nitrogens with one attached hydrogen (secondary N) is 1. The first kappa shape index (κ1) is 17.2. The first-order valence-corrected chi connectivity index (χ1v) is 8.57. The number of hydrogen-bond acceptors (Lipinski definition) is 5. The zero-order chi connectivity index (χ0) is 17.8. The van der Waals surface area contributed by atoms with Crippen LogP contribution in [0.25, 0.3) is 0 Å². The summed E-state index contributed by atoms with van der Waals surface area (Å²) in [6.45, 7) is 2.64. The molecule has 0 saturated carbocycles. The van der Waals surface area contributed by atoms with Crippen molar-refractivity contribution >= 4 is 11.7 Å². The molecule has 1 aliphatic rings. The van der Waals surface area contributed by atoms with E-state index in [1.165, 1.54) is 0 Å². The molecule has 2 heterocycles. The van der Waals surface area contributed by atoms with Gasteiger partial charge >= 0.3 is 0 Å². The van der Waals surface area contributed by atoms with Gasteiger partial charge in [-0.25, -0.2) is 9.97 Å². The highest BCUT2D eigenvalue weighted by Gasteiger charge is 2.31. The van der Waals surface area contributed by atoms with Gasteiger partial charge in [0.2, 0.25) is 5.91 Å². The molecule has 1 aromatic carbocycles. The molecule has 3 rings (SSSR count). The number of aryl methyl sites for hydroxylation is 1. The van der Waals surface area contributed by atoms with Crippen molar-refractivity contribution in [2.24, 2.45) is 0 Å². The highest BCUT2D eigenvalue weighted by Crippen LogP contribution is 2.32. The van der Waals surface area contributed by atoms with Gasteiger partial charge in [-0.2, -0.15) is 0 Å². The van der Waals surface area contributed by atoms with E-state index in [0.29, 0.717) is 12.2 Å². The summed E-state index contributed by atoms with van der Waals surface area (Å²) in [5.74, 6) is 2.36. The average molecular weight is 340 g/mol. The van der Waals surface area contributed by atoms with Crippen molar-refractivity contribution in [2.75, 3.05) is 26.0 Å². The van der Waals surface area contributed by atoms with Gasteiger partial charge in [0.25, 0.3) is 0 Å². The Balaban J connectivity index is 1.81. The van der Waals surface area contributed by atoms with E-state index in [1.54, 1.807) is 7.11 Å². The van der Waals surface area contributed by atoms with Crippen LogP contribution < -0.4 is 10.1 Å². The average Bonchev–Trinajstić information content (AvgIpc) is 3.11. The van der Waals surface area contributed by atoms with Crippen molar-refractivity contribution in [1.29, 1.82) is 0 Å². The molecule has 0 bridgehead atoms. The molecule has 6 nitrogen and oxygen atoms in total. The Labute approximate surface area is 148 Å². The third kappa shape index (κ3) is 3.73. The molecule has 2 aromatic rings. The van der Waals surface area contributed by atoms with Crippen LogP contribution in [-0.4, -0.2) is 41.5 Å². The lowest BCUT2D eigenvalue weighted by atomic mass is 10.1. The van der Waals surface area contributed by atoms with Crippen LogP contribution in [0.1, 0.15) is 36.0 Å². The Morgan fingerprint density at radius 1 is 1.36 bits per heavy atom. The summed E-state index contributed by atoms with van der Waals surface area (Å²) in [5, 5.41) is 3.06. The van der Waals surface area contributed by atoms with E-state index in [4.69, 9.17) is 4.74 Å². The maximum atomic E-state index is 12.9. The standard InChI is InChI=1S/C19H24N4O2/c1-13-21-15(12-18(20-2)22-13)16-8-6-10-23(16)19(24)11-14-7-4-5-9-17(14)25-3/h4-5,7,9,12,16H,6,8,10-11H2,1-3H3,(H,20,21,22)/t16-/m0/s1. The smallest absolute Gasteiger partial charge is 0.227 e. The number of benzene rings is 1. The van der Waals surface area contributed by atoms with E-state index in [9.17, 15) is 4.79 Å². The van der Waals surface area contributed by atoms with Gasteiger partial charge in [-0.05, 0) is 25.8 Å². The summed E-state index contributed by atoms with van der Waals surface area (Å²) < 4.78 is 5.37. The van der Waals surface area contributed by atoms with Crippen LogP contribution in [0.15, 0.2) is 30.3 Å². The Morgan fingerprint density at radius 3 is 2.92 bits per heavy atom. The van der Waals surface area contributed by atoms with E-state index in [1.807, 2.05) is 49.2 Å². The van der Waals surface area contributed by atoms with Crippen molar-refractivity contribution in [2.45, 2.75) is 32.2 Å². The molecule has 0 aliphatic carbocycles. The van der Waals surface area contributed by atoms with Gasteiger partial charge in [-0.15, -0.1) is 0 Å². The summed E-state index contributed by atoms with van der Waals surface area (Å²) in [6.07, 6.45) is 2.25. The Bertz CT molecular complexity index is 763. The zero-order valence-electron chi connectivity index (χ0n) is 15.0. The lowest BCUT2D eigenvalue weighted by Crippen LogP contribution is -2.32. The Morgan fingerprint density at radius 2 is 2.16 bits per heavy atom. The number of aromatic nitrogens is 2. The number of anilines is 1. The Hall–Kier alpha value is -2.63. The van der Waals surface area contributed by atoms with Gasteiger partial charge in [-0.1, -0.05) is 18.2 Å². The molecule has 1 saturated heterocycles. The molecular weight excluding hydrogens is 316 g/mol. The van der Waals surface area contributed by atoms with Crippen molar-refractivity contribution in [3.05, 3.63) is 47.4 Å². The fourth-order valence-corrected chi connectivity index (χ4v) is 3.38.